The van der Waals surface area contributed by atoms with Crippen molar-refractivity contribution in [2.75, 3.05) is 13.1 Å². The molecule has 3 heteroatoms. The largest absolute Gasteiger partial charge is 0.324 e. The number of halogens is 1. The van der Waals surface area contributed by atoms with Gasteiger partial charge in [-0.25, -0.2) is 4.39 Å². The van der Waals surface area contributed by atoms with Crippen LogP contribution in [-0.4, -0.2) is 23.5 Å². The van der Waals surface area contributed by atoms with E-state index in [2.05, 4.69) is 25.7 Å². The summed E-state index contributed by atoms with van der Waals surface area (Å²) < 4.78 is 13.8. The maximum Gasteiger partial charge on any atom is 0.127 e. The number of rotatable bonds is 4. The molecule has 1 saturated heterocycles. The number of hydrogen-bond donors (Lipinski definition) is 1. The van der Waals surface area contributed by atoms with Crippen LogP contribution in [0.1, 0.15) is 45.2 Å². The third-order valence-electron chi connectivity index (χ3n) is 4.46. The Kier molecular flexibility index (Phi) is 4.26. The van der Waals surface area contributed by atoms with Crippen molar-refractivity contribution in [2.45, 2.75) is 45.2 Å². The average molecular weight is 264 g/mol. The third-order valence-corrected chi connectivity index (χ3v) is 4.46. The minimum atomic E-state index is -0.238. The highest BCUT2D eigenvalue weighted by molar-refractivity contribution is 5.21. The summed E-state index contributed by atoms with van der Waals surface area (Å²) in [5.41, 5.74) is 7.12. The van der Waals surface area contributed by atoms with Crippen molar-refractivity contribution >= 4 is 0 Å². The van der Waals surface area contributed by atoms with Crippen molar-refractivity contribution in [3.63, 3.8) is 0 Å². The van der Waals surface area contributed by atoms with E-state index < -0.39 is 0 Å². The summed E-state index contributed by atoms with van der Waals surface area (Å²) in [6.45, 7) is 8.73. The van der Waals surface area contributed by atoms with Crippen LogP contribution < -0.4 is 5.73 Å². The molecule has 2 atom stereocenters. The van der Waals surface area contributed by atoms with Gasteiger partial charge in [0.05, 0.1) is 0 Å². The van der Waals surface area contributed by atoms with Gasteiger partial charge in [-0.15, -0.1) is 0 Å². The molecule has 1 fully saturated rings. The van der Waals surface area contributed by atoms with Crippen LogP contribution in [0.3, 0.4) is 0 Å². The second kappa shape index (κ2) is 5.59. The van der Waals surface area contributed by atoms with Crippen LogP contribution in [0.25, 0.3) is 0 Å². The molecule has 1 aliphatic rings. The Labute approximate surface area is 115 Å². The molecule has 2 rings (SSSR count). The van der Waals surface area contributed by atoms with Gasteiger partial charge in [-0.05, 0) is 45.2 Å². The van der Waals surface area contributed by atoms with Gasteiger partial charge in [0.2, 0.25) is 0 Å². The lowest BCUT2D eigenvalue weighted by molar-refractivity contribution is 0.143. The first-order chi connectivity index (χ1) is 8.92. The molecule has 2 N–H and O–H groups in total. The van der Waals surface area contributed by atoms with Crippen LogP contribution >= 0.6 is 0 Å². The standard InChI is InChI=1S/C16H25FN2/c1-12(11-19-10-6-9-16(19,2)3)15(18)13-7-4-5-8-14(13)17/h4-5,7-8,12,15H,6,9-11,18H2,1-3H3. The maximum atomic E-state index is 13.8. The fourth-order valence-corrected chi connectivity index (χ4v) is 3.01. The van der Waals surface area contributed by atoms with Crippen molar-refractivity contribution in [2.24, 2.45) is 11.7 Å². The van der Waals surface area contributed by atoms with E-state index in [-0.39, 0.29) is 23.3 Å². The zero-order valence-electron chi connectivity index (χ0n) is 12.2. The predicted molar refractivity (Wildman–Crippen MR) is 77.4 cm³/mol. The van der Waals surface area contributed by atoms with Crippen molar-refractivity contribution in [3.05, 3.63) is 35.6 Å². The Morgan fingerprint density at radius 3 is 2.63 bits per heavy atom. The molecule has 0 aromatic heterocycles. The van der Waals surface area contributed by atoms with Crippen LogP contribution in [0.5, 0.6) is 0 Å². The molecule has 1 aliphatic heterocycles. The molecule has 0 bridgehead atoms. The van der Waals surface area contributed by atoms with Gasteiger partial charge >= 0.3 is 0 Å². The van der Waals surface area contributed by atoms with E-state index in [1.807, 2.05) is 6.07 Å². The van der Waals surface area contributed by atoms with E-state index in [1.165, 1.54) is 18.9 Å². The van der Waals surface area contributed by atoms with Gasteiger partial charge in [0, 0.05) is 23.7 Å². The van der Waals surface area contributed by atoms with Gasteiger partial charge < -0.3 is 5.73 Å². The summed E-state index contributed by atoms with van der Waals surface area (Å²) in [5, 5.41) is 0. The number of nitrogens with two attached hydrogens (primary N) is 1. The van der Waals surface area contributed by atoms with Crippen molar-refractivity contribution < 1.29 is 4.39 Å². The van der Waals surface area contributed by atoms with Crippen molar-refractivity contribution in [3.8, 4) is 0 Å². The highest BCUT2D eigenvalue weighted by Crippen LogP contribution is 2.31. The zero-order valence-corrected chi connectivity index (χ0v) is 12.2. The number of benzene rings is 1. The van der Waals surface area contributed by atoms with Crippen LogP contribution in [-0.2, 0) is 0 Å². The molecule has 2 nitrogen and oxygen atoms in total. The first kappa shape index (κ1) is 14.5. The van der Waals surface area contributed by atoms with Crippen LogP contribution in [0.15, 0.2) is 24.3 Å². The van der Waals surface area contributed by atoms with Crippen molar-refractivity contribution in [1.82, 2.24) is 4.90 Å². The summed E-state index contributed by atoms with van der Waals surface area (Å²) >= 11 is 0. The lowest BCUT2D eigenvalue weighted by Gasteiger charge is -2.35. The number of hydrogen-bond acceptors (Lipinski definition) is 2. The summed E-state index contributed by atoms with van der Waals surface area (Å²) in [4.78, 5) is 2.48. The quantitative estimate of drug-likeness (QED) is 0.903. The van der Waals surface area contributed by atoms with E-state index in [4.69, 9.17) is 5.73 Å². The Hall–Kier alpha value is -0.930. The second-order valence-electron chi connectivity index (χ2n) is 6.39. The normalized spacial score (nSPS) is 22.4. The molecular formula is C16H25FN2. The molecule has 2 unspecified atom stereocenters. The summed E-state index contributed by atoms with van der Waals surface area (Å²) in [7, 11) is 0. The lowest BCUT2D eigenvalue weighted by Crippen LogP contribution is -2.42. The molecule has 0 spiro atoms. The van der Waals surface area contributed by atoms with E-state index >= 15 is 0 Å². The molecule has 1 aromatic carbocycles. The first-order valence-electron chi connectivity index (χ1n) is 7.17. The second-order valence-corrected chi connectivity index (χ2v) is 6.39. The van der Waals surface area contributed by atoms with Crippen LogP contribution in [0.2, 0.25) is 0 Å². The monoisotopic (exact) mass is 264 g/mol. The molecule has 1 heterocycles. The smallest absolute Gasteiger partial charge is 0.127 e. The van der Waals surface area contributed by atoms with Crippen LogP contribution in [0, 0.1) is 11.7 Å². The Bertz CT molecular complexity index is 431. The van der Waals surface area contributed by atoms with E-state index in [9.17, 15) is 4.39 Å². The molecule has 0 radical (unpaired) electrons. The Morgan fingerprint density at radius 2 is 2.05 bits per heavy atom. The lowest BCUT2D eigenvalue weighted by atomic mass is 9.93. The van der Waals surface area contributed by atoms with Gasteiger partial charge in [-0.3, -0.25) is 4.90 Å². The molecule has 106 valence electrons. The van der Waals surface area contributed by atoms with Crippen LogP contribution in [0.4, 0.5) is 4.39 Å². The Balaban J connectivity index is 2.04. The predicted octanol–water partition coefficient (Wildman–Crippen LogP) is 3.34. The molecule has 0 amide bonds. The average Bonchev–Trinajstić information content (AvgIpc) is 2.68. The third kappa shape index (κ3) is 3.15. The molecule has 1 aromatic rings. The highest BCUT2D eigenvalue weighted by atomic mass is 19.1. The minimum Gasteiger partial charge on any atom is -0.324 e. The van der Waals surface area contributed by atoms with E-state index in [1.54, 1.807) is 12.1 Å². The van der Waals surface area contributed by atoms with Gasteiger partial charge in [-0.2, -0.15) is 0 Å². The maximum absolute atomic E-state index is 13.8. The number of likely N-dealkylation sites (tertiary alicyclic amines) is 1. The first-order valence-corrected chi connectivity index (χ1v) is 7.17. The fourth-order valence-electron chi connectivity index (χ4n) is 3.01. The molecular weight excluding hydrogens is 239 g/mol. The number of nitrogens with zero attached hydrogens (tertiary/aromatic N) is 1. The molecule has 19 heavy (non-hydrogen) atoms. The molecule has 0 aliphatic carbocycles. The topological polar surface area (TPSA) is 29.3 Å². The highest BCUT2D eigenvalue weighted by Gasteiger charge is 2.33. The SMILES string of the molecule is CC(CN1CCCC1(C)C)C(N)c1ccccc1F. The van der Waals surface area contributed by atoms with Gasteiger partial charge in [-0.1, -0.05) is 25.1 Å². The van der Waals surface area contributed by atoms with Crippen molar-refractivity contribution in [1.29, 1.82) is 0 Å². The Morgan fingerprint density at radius 1 is 1.37 bits per heavy atom. The van der Waals surface area contributed by atoms with Gasteiger partial charge in [0.15, 0.2) is 0 Å². The molecule has 0 saturated carbocycles. The minimum absolute atomic E-state index is 0.192. The van der Waals surface area contributed by atoms with E-state index in [0.717, 1.165) is 13.1 Å². The van der Waals surface area contributed by atoms with Gasteiger partial charge in [0.1, 0.15) is 5.82 Å². The summed E-state index contributed by atoms with van der Waals surface area (Å²) in [5.74, 6) is 0.0526. The summed E-state index contributed by atoms with van der Waals surface area (Å²) in [6, 6.07) is 6.61. The zero-order chi connectivity index (χ0) is 14.0. The fraction of sp³-hybridized carbons (Fsp3) is 0.625. The summed E-state index contributed by atoms with van der Waals surface area (Å²) in [6.07, 6.45) is 2.48. The van der Waals surface area contributed by atoms with E-state index in [0.29, 0.717) is 5.56 Å². The van der Waals surface area contributed by atoms with Gasteiger partial charge in [0.25, 0.3) is 0 Å².